The molecule has 3 N–H and O–H groups in total. The Kier molecular flexibility index (Phi) is 49.4. The minimum atomic E-state index is -0.257. The van der Waals surface area contributed by atoms with Gasteiger partial charge in [0.05, 0.1) is 6.10 Å². The fraction of sp³-hybridized carbons (Fsp3) is 0.596. The number of hydrogen-bond acceptors (Lipinski definition) is 7. The van der Waals surface area contributed by atoms with Crippen molar-refractivity contribution in [3.63, 3.8) is 0 Å². The number of nitrogens with one attached hydrogen (secondary N) is 1. The highest BCUT2D eigenvalue weighted by atomic mass is 16.5. The first-order valence-corrected chi connectivity index (χ1v) is 22.4. The summed E-state index contributed by atoms with van der Waals surface area (Å²) in [6.07, 6.45) is 22.0. The predicted molar refractivity (Wildman–Crippen MR) is 262 cm³/mol. The summed E-state index contributed by atoms with van der Waals surface area (Å²) < 4.78 is 5.65. The second-order valence-corrected chi connectivity index (χ2v) is 14.2. The molecule has 2 aliphatic carbocycles. The molecule has 0 saturated carbocycles. The zero-order valence-electron chi connectivity index (χ0n) is 41.0. The molecule has 340 valence electrons. The number of Topliss-reactive ketones (excluding diaryl/α,β-unsaturated/α-hetero) is 1. The number of nitrogens with two attached hydrogens (primary N) is 1. The molecule has 0 radical (unpaired) electrons. The number of aldehydes is 2. The molecule has 0 bridgehead atoms. The number of ether oxygens (including phenoxy) is 1. The van der Waals surface area contributed by atoms with Crippen molar-refractivity contribution in [1.29, 1.82) is 0 Å². The summed E-state index contributed by atoms with van der Waals surface area (Å²) in [6.45, 7) is 39.6. The maximum atomic E-state index is 11.1. The van der Waals surface area contributed by atoms with Crippen molar-refractivity contribution < 1.29 is 19.1 Å². The highest BCUT2D eigenvalue weighted by Gasteiger charge is 2.29. The molecule has 4 unspecified atom stereocenters. The van der Waals surface area contributed by atoms with Gasteiger partial charge in [0.25, 0.3) is 0 Å². The molecule has 7 heteroatoms. The Morgan fingerprint density at radius 1 is 0.932 bits per heavy atom. The highest BCUT2D eigenvalue weighted by Crippen LogP contribution is 2.29. The lowest BCUT2D eigenvalue weighted by Gasteiger charge is -2.23. The van der Waals surface area contributed by atoms with Crippen LogP contribution in [0.1, 0.15) is 147 Å². The summed E-state index contributed by atoms with van der Waals surface area (Å²) in [6, 6.07) is 8.95. The van der Waals surface area contributed by atoms with Gasteiger partial charge in [0, 0.05) is 30.1 Å². The van der Waals surface area contributed by atoms with Crippen LogP contribution in [-0.2, 0) is 32.0 Å². The number of rotatable bonds is 17. The van der Waals surface area contributed by atoms with Crippen molar-refractivity contribution >= 4 is 18.4 Å². The molecule has 3 rings (SSSR count). The lowest BCUT2D eigenvalue weighted by Crippen LogP contribution is -2.29. The molecule has 0 heterocycles. The maximum absolute atomic E-state index is 11.1. The largest absolute Gasteiger partial charge is 0.405 e. The van der Waals surface area contributed by atoms with Crippen LogP contribution in [0.4, 0.5) is 0 Å². The Morgan fingerprint density at radius 3 is 1.85 bits per heavy atom. The second-order valence-electron chi connectivity index (χ2n) is 14.2. The third kappa shape index (κ3) is 35.8. The Balaban J connectivity index is -0.000000208. The fourth-order valence-electron chi connectivity index (χ4n) is 5.68. The molecule has 7 nitrogen and oxygen atoms in total. The predicted octanol–water partition coefficient (Wildman–Crippen LogP) is 12.6. The van der Waals surface area contributed by atoms with E-state index in [2.05, 4.69) is 125 Å². The van der Waals surface area contributed by atoms with E-state index >= 15 is 0 Å². The van der Waals surface area contributed by atoms with Gasteiger partial charge in [-0.05, 0) is 114 Å². The fourth-order valence-corrected chi connectivity index (χ4v) is 5.68. The first kappa shape index (κ1) is 64.3. The molecular formula is C52H93N3O4. The van der Waals surface area contributed by atoms with E-state index in [0.717, 1.165) is 81.8 Å². The number of nitrogens with zero attached hydrogens (tertiary/aromatic N) is 1. The zero-order valence-corrected chi connectivity index (χ0v) is 41.0. The molecule has 4 atom stereocenters. The van der Waals surface area contributed by atoms with E-state index in [1.54, 1.807) is 6.92 Å². The average Bonchev–Trinajstić information content (AvgIpc) is 3.51. The normalized spacial score (nSPS) is 13.8. The lowest BCUT2D eigenvalue weighted by molar-refractivity contribution is -0.124. The number of fused-ring (bicyclic) bond motifs is 1. The van der Waals surface area contributed by atoms with Crippen molar-refractivity contribution in [1.82, 2.24) is 10.2 Å². The SMILES string of the molecule is C=C(C(C)=O)C(C)CCC.C=C(CC)NCC1=CCC=CC=C1.C=CN.CC.CC.CC.CC(C)OC(C=O)C1Cc2ccccc2C1.CCC(CC(C)C=O)N(C)C. The molecule has 0 saturated heterocycles. The van der Waals surface area contributed by atoms with Crippen molar-refractivity contribution in [2.75, 3.05) is 20.6 Å². The second kappa shape index (κ2) is 45.3. The number of allylic oxidation sites excluding steroid dienone is 6. The molecule has 1 aromatic carbocycles. The third-order valence-electron chi connectivity index (χ3n) is 9.00. The van der Waals surface area contributed by atoms with Gasteiger partial charge in [-0.2, -0.15) is 0 Å². The lowest BCUT2D eigenvalue weighted by atomic mass is 9.95. The molecule has 0 fully saturated rings. The van der Waals surface area contributed by atoms with Crippen molar-refractivity contribution in [2.24, 2.45) is 23.5 Å². The smallest absolute Gasteiger partial charge is 0.155 e. The number of carbonyl (C=O) groups is 3. The van der Waals surface area contributed by atoms with Gasteiger partial charge in [0.15, 0.2) is 5.78 Å². The summed E-state index contributed by atoms with van der Waals surface area (Å²) in [4.78, 5) is 34.4. The third-order valence-corrected chi connectivity index (χ3v) is 9.00. The molecule has 59 heavy (non-hydrogen) atoms. The minimum absolute atomic E-state index is 0.110. The molecule has 0 spiro atoms. The van der Waals surface area contributed by atoms with Gasteiger partial charge in [-0.25, -0.2) is 0 Å². The van der Waals surface area contributed by atoms with Crippen LogP contribution in [0.25, 0.3) is 0 Å². The Bertz CT molecular complexity index is 1270. The van der Waals surface area contributed by atoms with Gasteiger partial charge in [0.1, 0.15) is 18.7 Å². The van der Waals surface area contributed by atoms with Crippen molar-refractivity contribution in [3.05, 3.63) is 109 Å². The quantitative estimate of drug-likeness (QED) is 0.119. The number of benzene rings is 1. The van der Waals surface area contributed by atoms with Gasteiger partial charge < -0.3 is 30.3 Å². The van der Waals surface area contributed by atoms with Gasteiger partial charge in [-0.15, -0.1) is 0 Å². The number of ketones is 1. The zero-order chi connectivity index (χ0) is 46.8. The summed E-state index contributed by atoms with van der Waals surface area (Å²) >= 11 is 0. The van der Waals surface area contributed by atoms with E-state index in [4.69, 9.17) is 4.74 Å². The molecule has 0 aliphatic heterocycles. The van der Waals surface area contributed by atoms with E-state index in [1.165, 1.54) is 22.9 Å². The van der Waals surface area contributed by atoms with Crippen LogP contribution in [0.3, 0.4) is 0 Å². The maximum Gasteiger partial charge on any atom is 0.155 e. The van der Waals surface area contributed by atoms with E-state index < -0.39 is 0 Å². The van der Waals surface area contributed by atoms with Gasteiger partial charge in [-0.1, -0.05) is 157 Å². The number of carbonyl (C=O) groups excluding carboxylic acids is 3. The van der Waals surface area contributed by atoms with Crippen LogP contribution in [0.15, 0.2) is 97.4 Å². The molecule has 0 aromatic heterocycles. The van der Waals surface area contributed by atoms with E-state index in [-0.39, 0.29) is 23.9 Å². The number of hydrogen-bond donors (Lipinski definition) is 2. The monoisotopic (exact) mass is 824 g/mol. The average molecular weight is 824 g/mol. The summed E-state index contributed by atoms with van der Waals surface area (Å²) in [5.74, 6) is 1.00. The Morgan fingerprint density at radius 2 is 1.46 bits per heavy atom. The topological polar surface area (TPSA) is 102 Å². The van der Waals surface area contributed by atoms with Gasteiger partial charge in [0.2, 0.25) is 0 Å². The molecular weight excluding hydrogens is 731 g/mol. The summed E-state index contributed by atoms with van der Waals surface area (Å²) in [5.41, 5.74) is 10.5. The van der Waals surface area contributed by atoms with E-state index in [1.807, 2.05) is 69.2 Å². The summed E-state index contributed by atoms with van der Waals surface area (Å²) in [5, 5.41) is 3.29. The van der Waals surface area contributed by atoms with E-state index in [0.29, 0.717) is 17.9 Å². The van der Waals surface area contributed by atoms with E-state index in [9.17, 15) is 14.4 Å². The summed E-state index contributed by atoms with van der Waals surface area (Å²) in [7, 11) is 4.12. The Hall–Kier alpha value is -3.81. The Labute approximate surface area is 365 Å². The molecule has 1 aromatic rings. The first-order valence-electron chi connectivity index (χ1n) is 22.4. The van der Waals surface area contributed by atoms with Gasteiger partial charge >= 0.3 is 0 Å². The van der Waals surface area contributed by atoms with Crippen molar-refractivity contribution in [3.8, 4) is 0 Å². The standard InChI is InChI=1S/C14H18O2.C12H17N.C9H19NO.C9H16O.C2H5N.3C2H6/c1-10(2)16-14(9-15)13-7-11-5-3-4-6-12(11)8-13;1-3-11(2)13-10-12-8-6-4-5-7-9-12;1-5-9(10(3)4)6-8(2)7-11;1-5-6-7(2)8(3)9(4)10;1-2-3;3*1-2/h3-6,9-10,13-14H,7-8H2,1-2H3;4-6,8-9,13H,2-3,7,10H2,1H3;7-9H,5-6H2,1-4H3;7H,3,5-6H2,1-2,4H3;2H,1,3H2;3*1-2H3. The highest BCUT2D eigenvalue weighted by molar-refractivity contribution is 5.92. The first-order chi connectivity index (χ1) is 28.1. The minimum Gasteiger partial charge on any atom is -0.405 e. The van der Waals surface area contributed by atoms with Crippen molar-refractivity contribution in [2.45, 2.75) is 167 Å². The van der Waals surface area contributed by atoms with Crippen LogP contribution >= 0.6 is 0 Å². The van der Waals surface area contributed by atoms with Crippen LogP contribution in [0.5, 0.6) is 0 Å². The van der Waals surface area contributed by atoms with Crippen LogP contribution < -0.4 is 11.1 Å². The van der Waals surface area contributed by atoms with Crippen LogP contribution in [0.2, 0.25) is 0 Å². The van der Waals surface area contributed by atoms with Crippen LogP contribution in [-0.4, -0.2) is 62.1 Å². The molecule has 0 amide bonds. The van der Waals surface area contributed by atoms with Gasteiger partial charge in [-0.3, -0.25) is 4.79 Å². The molecule has 2 aliphatic rings. The van der Waals surface area contributed by atoms with Crippen LogP contribution in [0, 0.1) is 17.8 Å².